The SMILES string of the molecule is CCOC(=O)C=CC1(c2ccccc2)C=C(c2ccccc2)C2=C(N)CSC2=N1. The van der Waals surface area contributed by atoms with E-state index in [0.29, 0.717) is 12.4 Å². The van der Waals surface area contributed by atoms with Crippen molar-refractivity contribution >= 4 is 28.3 Å². The van der Waals surface area contributed by atoms with Crippen LogP contribution < -0.4 is 5.73 Å². The number of nitrogens with zero attached hydrogens (tertiary/aromatic N) is 1. The van der Waals surface area contributed by atoms with Crippen molar-refractivity contribution in [2.75, 3.05) is 12.4 Å². The van der Waals surface area contributed by atoms with Gasteiger partial charge >= 0.3 is 5.97 Å². The molecule has 0 aromatic heterocycles. The number of esters is 1. The second kappa shape index (κ2) is 8.13. The van der Waals surface area contributed by atoms with Crippen molar-refractivity contribution in [3.05, 3.63) is 101 Å². The van der Waals surface area contributed by atoms with Crippen LogP contribution in [0.3, 0.4) is 0 Å². The summed E-state index contributed by atoms with van der Waals surface area (Å²) in [5, 5.41) is 0.904. The highest BCUT2D eigenvalue weighted by molar-refractivity contribution is 8.15. The molecule has 1 atom stereocenters. The van der Waals surface area contributed by atoms with E-state index >= 15 is 0 Å². The quantitative estimate of drug-likeness (QED) is 0.593. The first-order valence-electron chi connectivity index (χ1n) is 9.55. The monoisotopic (exact) mass is 402 g/mol. The van der Waals surface area contributed by atoms with Crippen molar-refractivity contribution in [2.45, 2.75) is 12.5 Å². The fourth-order valence-corrected chi connectivity index (χ4v) is 4.60. The van der Waals surface area contributed by atoms with Gasteiger partial charge in [-0.3, -0.25) is 4.99 Å². The highest BCUT2D eigenvalue weighted by Crippen LogP contribution is 2.45. The lowest BCUT2D eigenvalue weighted by Crippen LogP contribution is -2.25. The molecule has 2 heterocycles. The van der Waals surface area contributed by atoms with E-state index in [4.69, 9.17) is 15.5 Å². The van der Waals surface area contributed by atoms with Crippen molar-refractivity contribution in [2.24, 2.45) is 10.7 Å². The van der Waals surface area contributed by atoms with E-state index in [-0.39, 0.29) is 5.97 Å². The molecule has 4 nitrogen and oxygen atoms in total. The summed E-state index contributed by atoms with van der Waals surface area (Å²) in [6.45, 7) is 2.13. The lowest BCUT2D eigenvalue weighted by molar-refractivity contribution is -0.137. The molecule has 29 heavy (non-hydrogen) atoms. The number of allylic oxidation sites excluding steroid dienone is 1. The Morgan fingerprint density at radius 3 is 2.55 bits per heavy atom. The fourth-order valence-electron chi connectivity index (χ4n) is 3.56. The minimum atomic E-state index is -0.810. The maximum atomic E-state index is 12.1. The molecular formula is C24H22N2O2S. The first-order chi connectivity index (χ1) is 14.1. The van der Waals surface area contributed by atoms with Gasteiger partial charge in [-0.25, -0.2) is 4.79 Å². The third-order valence-corrected chi connectivity index (χ3v) is 5.92. The van der Waals surface area contributed by atoms with E-state index < -0.39 is 5.54 Å². The Balaban J connectivity index is 1.93. The van der Waals surface area contributed by atoms with Gasteiger partial charge in [0.15, 0.2) is 0 Å². The number of nitrogens with two attached hydrogens (primary N) is 1. The molecule has 0 aliphatic carbocycles. The number of ether oxygens (including phenoxy) is 1. The van der Waals surface area contributed by atoms with Crippen molar-refractivity contribution < 1.29 is 9.53 Å². The van der Waals surface area contributed by atoms with Crippen molar-refractivity contribution in [3.8, 4) is 0 Å². The van der Waals surface area contributed by atoms with Gasteiger partial charge in [0.2, 0.25) is 0 Å². The van der Waals surface area contributed by atoms with Crippen LogP contribution in [0.5, 0.6) is 0 Å². The molecular weight excluding hydrogens is 380 g/mol. The number of hydrogen-bond donors (Lipinski definition) is 1. The Kier molecular flexibility index (Phi) is 5.41. The number of carbonyl (C=O) groups excluding carboxylic acids is 1. The molecule has 1 unspecified atom stereocenters. The van der Waals surface area contributed by atoms with E-state index in [1.54, 1.807) is 18.7 Å². The van der Waals surface area contributed by atoms with Gasteiger partial charge in [-0.05, 0) is 35.8 Å². The third-order valence-electron chi connectivity index (χ3n) is 4.90. The second-order valence-corrected chi connectivity index (χ2v) is 7.77. The molecule has 0 amide bonds. The van der Waals surface area contributed by atoms with Crippen molar-refractivity contribution in [1.29, 1.82) is 0 Å². The number of benzene rings is 2. The maximum absolute atomic E-state index is 12.1. The molecule has 2 N–H and O–H groups in total. The summed E-state index contributed by atoms with van der Waals surface area (Å²) in [6, 6.07) is 20.1. The molecule has 4 rings (SSSR count). The highest BCUT2D eigenvalue weighted by atomic mass is 32.2. The van der Waals surface area contributed by atoms with Crippen LogP contribution in [0.1, 0.15) is 18.1 Å². The zero-order chi connectivity index (χ0) is 20.3. The number of fused-ring (bicyclic) bond motifs is 1. The van der Waals surface area contributed by atoms with Crippen LogP contribution in [0.4, 0.5) is 0 Å². The van der Waals surface area contributed by atoms with Gasteiger partial charge < -0.3 is 10.5 Å². The van der Waals surface area contributed by atoms with E-state index in [0.717, 1.165) is 33.0 Å². The summed E-state index contributed by atoms with van der Waals surface area (Å²) in [5.41, 5.74) is 10.5. The Bertz CT molecular complexity index is 1040. The molecule has 0 saturated carbocycles. The van der Waals surface area contributed by atoms with Crippen LogP contribution in [0.15, 0.2) is 95.2 Å². The van der Waals surface area contributed by atoms with Crippen LogP contribution >= 0.6 is 11.8 Å². The normalized spacial score (nSPS) is 21.0. The van der Waals surface area contributed by atoms with Crippen LogP contribution in [0.25, 0.3) is 5.57 Å². The Labute approximate surface area is 174 Å². The number of aliphatic imine (C=N–C) groups is 1. The predicted molar refractivity (Wildman–Crippen MR) is 119 cm³/mol. The number of thioether (sulfide) groups is 1. The standard InChI is InChI=1S/C24H22N2O2S/c1-2-28-21(27)13-14-24(18-11-7-4-8-12-18)15-19(17-9-5-3-6-10-17)22-20(25)16-29-23(22)26-24/h3-15H,2,16,25H2,1H3. The third kappa shape index (κ3) is 3.78. The first kappa shape index (κ1) is 19.3. The molecule has 5 heteroatoms. The zero-order valence-electron chi connectivity index (χ0n) is 16.2. The molecule has 0 radical (unpaired) electrons. The topological polar surface area (TPSA) is 64.7 Å². The van der Waals surface area contributed by atoms with Gasteiger partial charge in [-0.1, -0.05) is 72.4 Å². The second-order valence-electron chi connectivity index (χ2n) is 6.81. The number of rotatable bonds is 5. The molecule has 2 aromatic carbocycles. The number of hydrogen-bond acceptors (Lipinski definition) is 5. The molecule has 0 bridgehead atoms. The molecule has 2 aliphatic heterocycles. The summed E-state index contributed by atoms with van der Waals surface area (Å²) in [6.07, 6.45) is 5.39. The Hall–Kier alpha value is -3.05. The van der Waals surface area contributed by atoms with Gasteiger partial charge in [0.05, 0.1) is 6.61 Å². The van der Waals surface area contributed by atoms with Crippen LogP contribution in [-0.4, -0.2) is 23.4 Å². The summed E-state index contributed by atoms with van der Waals surface area (Å²) < 4.78 is 5.10. The molecule has 146 valence electrons. The first-order valence-corrected chi connectivity index (χ1v) is 10.5. The van der Waals surface area contributed by atoms with Gasteiger partial charge in [-0.2, -0.15) is 0 Å². The van der Waals surface area contributed by atoms with Crippen LogP contribution in [0, 0.1) is 0 Å². The van der Waals surface area contributed by atoms with Gasteiger partial charge in [0.1, 0.15) is 10.6 Å². The average Bonchev–Trinajstić information content (AvgIpc) is 3.14. The number of carbonyl (C=O) groups is 1. The van der Waals surface area contributed by atoms with Crippen molar-refractivity contribution in [3.63, 3.8) is 0 Å². The van der Waals surface area contributed by atoms with E-state index in [2.05, 4.69) is 18.2 Å². The van der Waals surface area contributed by atoms with Crippen LogP contribution in [0.2, 0.25) is 0 Å². The summed E-state index contributed by atoms with van der Waals surface area (Å²) in [7, 11) is 0. The molecule has 0 saturated heterocycles. The minimum Gasteiger partial charge on any atom is -0.463 e. The molecule has 0 fully saturated rings. The average molecular weight is 403 g/mol. The zero-order valence-corrected chi connectivity index (χ0v) is 17.0. The van der Waals surface area contributed by atoms with Gasteiger partial charge in [-0.15, -0.1) is 0 Å². The number of dihydropyridines is 1. The Morgan fingerprint density at radius 1 is 1.17 bits per heavy atom. The molecule has 0 spiro atoms. The largest absolute Gasteiger partial charge is 0.463 e. The van der Waals surface area contributed by atoms with Gasteiger partial charge in [0.25, 0.3) is 0 Å². The summed E-state index contributed by atoms with van der Waals surface area (Å²) in [5.74, 6) is 0.336. The molecule has 2 aromatic rings. The van der Waals surface area contributed by atoms with E-state index in [9.17, 15) is 4.79 Å². The van der Waals surface area contributed by atoms with Crippen molar-refractivity contribution in [1.82, 2.24) is 0 Å². The molecule has 2 aliphatic rings. The smallest absolute Gasteiger partial charge is 0.330 e. The highest BCUT2D eigenvalue weighted by Gasteiger charge is 2.37. The van der Waals surface area contributed by atoms with E-state index in [1.807, 2.05) is 54.6 Å². The maximum Gasteiger partial charge on any atom is 0.330 e. The summed E-state index contributed by atoms with van der Waals surface area (Å²) >= 11 is 1.63. The lowest BCUT2D eigenvalue weighted by atomic mass is 9.82. The minimum absolute atomic E-state index is 0.334. The lowest BCUT2D eigenvalue weighted by Gasteiger charge is -2.31. The predicted octanol–water partition coefficient (Wildman–Crippen LogP) is 4.46. The summed E-state index contributed by atoms with van der Waals surface area (Å²) in [4.78, 5) is 17.2. The van der Waals surface area contributed by atoms with Crippen LogP contribution in [-0.2, 0) is 15.1 Å². The van der Waals surface area contributed by atoms with E-state index in [1.165, 1.54) is 6.08 Å². The fraction of sp³-hybridized carbons (Fsp3) is 0.167. The van der Waals surface area contributed by atoms with Gasteiger partial charge in [0, 0.05) is 23.1 Å². The Morgan fingerprint density at radius 2 is 1.86 bits per heavy atom.